The lowest BCUT2D eigenvalue weighted by molar-refractivity contribution is -0.123. The van der Waals surface area contributed by atoms with Crippen molar-refractivity contribution in [2.24, 2.45) is 0 Å². The van der Waals surface area contributed by atoms with Crippen LogP contribution in [0, 0.1) is 5.82 Å². The molecule has 0 N–H and O–H groups in total. The molecule has 3 rings (SSSR count). The minimum absolute atomic E-state index is 0.129. The van der Waals surface area contributed by atoms with E-state index < -0.39 is 0 Å². The van der Waals surface area contributed by atoms with Crippen molar-refractivity contribution >= 4 is 29.0 Å². The lowest BCUT2D eigenvalue weighted by Gasteiger charge is -2.12. The molecule has 1 atom stereocenters. The van der Waals surface area contributed by atoms with Crippen LogP contribution in [-0.4, -0.2) is 22.2 Å². The molecule has 1 heterocycles. The van der Waals surface area contributed by atoms with Crippen LogP contribution in [0.1, 0.15) is 31.4 Å². The molecule has 0 unspecified atom stereocenters. The molecule has 27 heavy (non-hydrogen) atoms. The van der Waals surface area contributed by atoms with Gasteiger partial charge in [0.25, 0.3) is 11.1 Å². The van der Waals surface area contributed by atoms with Gasteiger partial charge < -0.3 is 4.74 Å². The van der Waals surface area contributed by atoms with Crippen molar-refractivity contribution in [1.29, 1.82) is 0 Å². The molecule has 140 valence electrons. The van der Waals surface area contributed by atoms with E-state index >= 15 is 0 Å². The highest BCUT2D eigenvalue weighted by Gasteiger charge is 2.34. The van der Waals surface area contributed by atoms with Crippen molar-refractivity contribution < 1.29 is 18.7 Å². The van der Waals surface area contributed by atoms with Crippen LogP contribution in [0.25, 0.3) is 6.08 Å². The number of benzene rings is 2. The van der Waals surface area contributed by atoms with Crippen molar-refractivity contribution in [3.63, 3.8) is 0 Å². The first-order valence-corrected chi connectivity index (χ1v) is 9.54. The van der Waals surface area contributed by atoms with Gasteiger partial charge in [0.1, 0.15) is 11.6 Å². The molecular formula is C21H20FNO3S. The molecule has 1 aliphatic rings. The minimum atomic E-state index is -0.353. The molecule has 1 aliphatic heterocycles. The summed E-state index contributed by atoms with van der Waals surface area (Å²) < 4.78 is 18.7. The highest BCUT2D eigenvalue weighted by atomic mass is 32.2. The maximum Gasteiger partial charge on any atom is 0.293 e. The van der Waals surface area contributed by atoms with Gasteiger partial charge in [0, 0.05) is 0 Å². The van der Waals surface area contributed by atoms with Gasteiger partial charge >= 0.3 is 0 Å². The molecular weight excluding hydrogens is 365 g/mol. The quantitative estimate of drug-likeness (QED) is 0.638. The van der Waals surface area contributed by atoms with Gasteiger partial charge in [-0.2, -0.15) is 0 Å². The van der Waals surface area contributed by atoms with E-state index in [1.54, 1.807) is 18.2 Å². The summed E-state index contributed by atoms with van der Waals surface area (Å²) in [6, 6.07) is 13.2. The Morgan fingerprint density at radius 2 is 1.78 bits per heavy atom. The Hall–Kier alpha value is -2.60. The van der Waals surface area contributed by atoms with Crippen LogP contribution in [-0.2, 0) is 11.3 Å². The second kappa shape index (κ2) is 8.39. The number of hydrogen-bond acceptors (Lipinski definition) is 4. The van der Waals surface area contributed by atoms with Gasteiger partial charge in [-0.25, -0.2) is 4.39 Å². The molecule has 2 aromatic rings. The van der Waals surface area contributed by atoms with E-state index in [1.165, 1.54) is 17.0 Å². The molecule has 0 radical (unpaired) electrons. The number of ether oxygens (including phenoxy) is 1. The number of carbonyl (C=O) groups excluding carboxylic acids is 2. The molecule has 4 nitrogen and oxygen atoms in total. The second-order valence-electron chi connectivity index (χ2n) is 6.30. The van der Waals surface area contributed by atoms with Gasteiger partial charge in [-0.3, -0.25) is 14.5 Å². The summed E-state index contributed by atoms with van der Waals surface area (Å²) in [7, 11) is 0. The predicted molar refractivity (Wildman–Crippen MR) is 105 cm³/mol. The number of rotatable bonds is 6. The molecule has 2 aromatic carbocycles. The summed E-state index contributed by atoms with van der Waals surface area (Å²) in [5.41, 5.74) is 1.52. The number of hydrogen-bond donors (Lipinski definition) is 0. The van der Waals surface area contributed by atoms with E-state index in [1.807, 2.05) is 31.2 Å². The molecule has 6 heteroatoms. The van der Waals surface area contributed by atoms with Crippen molar-refractivity contribution in [2.75, 3.05) is 0 Å². The summed E-state index contributed by atoms with van der Waals surface area (Å²) in [6.45, 7) is 4.19. The van der Waals surface area contributed by atoms with Crippen LogP contribution in [0.4, 0.5) is 9.18 Å². The van der Waals surface area contributed by atoms with E-state index in [-0.39, 0.29) is 29.6 Å². The minimum Gasteiger partial charge on any atom is -0.491 e. The molecule has 0 spiro atoms. The second-order valence-corrected chi connectivity index (χ2v) is 7.29. The summed E-state index contributed by atoms with van der Waals surface area (Å²) in [6.07, 6.45) is 2.75. The smallest absolute Gasteiger partial charge is 0.293 e. The van der Waals surface area contributed by atoms with Gasteiger partial charge in [-0.15, -0.1) is 0 Å². The van der Waals surface area contributed by atoms with Crippen LogP contribution in [0.15, 0.2) is 53.4 Å². The molecule has 2 amide bonds. The standard InChI is InChI=1S/C21H20FNO3S/c1-3-14(2)26-18-10-6-15(7-11-18)12-19-20(24)23(21(25)27-19)13-16-4-8-17(22)9-5-16/h4-12,14H,3,13H2,1-2H3/b19-12-/t14-/m0/s1. The van der Waals surface area contributed by atoms with Crippen molar-refractivity contribution in [3.8, 4) is 5.75 Å². The highest BCUT2D eigenvalue weighted by molar-refractivity contribution is 8.18. The monoisotopic (exact) mass is 385 g/mol. The van der Waals surface area contributed by atoms with Crippen LogP contribution >= 0.6 is 11.8 Å². The number of carbonyl (C=O) groups is 2. The van der Waals surface area contributed by atoms with Crippen molar-refractivity contribution in [1.82, 2.24) is 4.90 Å². The Balaban J connectivity index is 1.71. The highest BCUT2D eigenvalue weighted by Crippen LogP contribution is 2.33. The fraction of sp³-hybridized carbons (Fsp3) is 0.238. The molecule has 0 aromatic heterocycles. The average molecular weight is 385 g/mol. The predicted octanol–water partition coefficient (Wildman–Crippen LogP) is 5.24. The lowest BCUT2D eigenvalue weighted by Crippen LogP contribution is -2.27. The SMILES string of the molecule is CC[C@H](C)Oc1ccc(/C=C2\SC(=O)N(Cc3ccc(F)cc3)C2=O)cc1. The fourth-order valence-corrected chi connectivity index (χ4v) is 3.36. The maximum absolute atomic E-state index is 13.0. The van der Waals surface area contributed by atoms with Crippen LogP contribution in [0.3, 0.4) is 0 Å². The first-order valence-electron chi connectivity index (χ1n) is 8.73. The van der Waals surface area contributed by atoms with Gasteiger partial charge in [-0.1, -0.05) is 31.2 Å². The zero-order valence-corrected chi connectivity index (χ0v) is 16.0. The normalized spacial score (nSPS) is 16.9. The molecule has 1 saturated heterocycles. The van der Waals surface area contributed by atoms with Crippen molar-refractivity contribution in [2.45, 2.75) is 32.9 Å². The van der Waals surface area contributed by atoms with Crippen LogP contribution in [0.2, 0.25) is 0 Å². The number of halogens is 1. The summed E-state index contributed by atoms with van der Waals surface area (Å²) in [4.78, 5) is 26.3. The fourth-order valence-electron chi connectivity index (χ4n) is 2.52. The van der Waals surface area contributed by atoms with Gasteiger partial charge in [0.05, 0.1) is 17.6 Å². The first kappa shape index (κ1) is 19.2. The first-order chi connectivity index (χ1) is 13.0. The average Bonchev–Trinajstić information content (AvgIpc) is 2.92. The zero-order valence-electron chi connectivity index (χ0n) is 15.1. The number of imide groups is 1. The summed E-state index contributed by atoms with van der Waals surface area (Å²) >= 11 is 0.911. The zero-order chi connectivity index (χ0) is 19.4. The topological polar surface area (TPSA) is 46.6 Å². The van der Waals surface area contributed by atoms with E-state index in [0.717, 1.165) is 29.5 Å². The molecule has 0 aliphatic carbocycles. The summed E-state index contributed by atoms with van der Waals surface area (Å²) in [5.74, 6) is 0.0775. The van der Waals surface area contributed by atoms with Crippen LogP contribution < -0.4 is 4.74 Å². The van der Waals surface area contributed by atoms with Gasteiger partial charge in [0.15, 0.2) is 0 Å². The van der Waals surface area contributed by atoms with E-state index in [4.69, 9.17) is 4.74 Å². The van der Waals surface area contributed by atoms with Gasteiger partial charge in [-0.05, 0) is 66.6 Å². The van der Waals surface area contributed by atoms with Gasteiger partial charge in [0.2, 0.25) is 0 Å². The third kappa shape index (κ3) is 4.77. The molecule has 0 bridgehead atoms. The summed E-state index contributed by atoms with van der Waals surface area (Å²) in [5, 5.41) is -0.327. The Labute approximate surface area is 162 Å². The van der Waals surface area contributed by atoms with Crippen molar-refractivity contribution in [3.05, 3.63) is 70.4 Å². The third-order valence-corrected chi connectivity index (χ3v) is 5.12. The van der Waals surface area contributed by atoms with Crippen LogP contribution in [0.5, 0.6) is 5.75 Å². The lowest BCUT2D eigenvalue weighted by atomic mass is 10.2. The number of amides is 2. The number of nitrogens with zero attached hydrogens (tertiary/aromatic N) is 1. The molecule has 0 saturated carbocycles. The van der Waals surface area contributed by atoms with E-state index in [2.05, 4.69) is 6.92 Å². The third-order valence-electron chi connectivity index (χ3n) is 4.22. The van der Waals surface area contributed by atoms with E-state index in [0.29, 0.717) is 10.5 Å². The Morgan fingerprint density at radius 3 is 2.41 bits per heavy atom. The maximum atomic E-state index is 13.0. The Kier molecular flexibility index (Phi) is 5.96. The molecule has 1 fully saturated rings. The number of thioether (sulfide) groups is 1. The Bertz CT molecular complexity index is 862. The largest absolute Gasteiger partial charge is 0.491 e. The Morgan fingerprint density at radius 1 is 1.11 bits per heavy atom. The van der Waals surface area contributed by atoms with E-state index in [9.17, 15) is 14.0 Å².